The molecule has 18 heavy (non-hydrogen) atoms. The molecule has 0 spiro atoms. The van der Waals surface area contributed by atoms with Gasteiger partial charge in [-0.2, -0.15) is 0 Å². The Hall–Kier alpha value is -1.86. The molecule has 1 rings (SSSR count). The second kappa shape index (κ2) is 6.77. The molecule has 96 valence electrons. The largest absolute Gasteiger partial charge is 0.495 e. The highest BCUT2D eigenvalue weighted by atomic mass is 35.5. The van der Waals surface area contributed by atoms with Gasteiger partial charge in [-0.25, -0.2) is 0 Å². The second-order valence-corrected chi connectivity index (χ2v) is 4.07. The Balaban J connectivity index is 2.75. The summed E-state index contributed by atoms with van der Waals surface area (Å²) in [6.45, 7) is 1.93. The number of halogens is 1. The molecule has 0 aliphatic rings. The van der Waals surface area contributed by atoms with Crippen LogP contribution in [0.5, 0.6) is 5.75 Å². The number of hydrogen-bond donors (Lipinski definition) is 2. The van der Waals surface area contributed by atoms with Gasteiger partial charge >= 0.3 is 0 Å². The highest BCUT2D eigenvalue weighted by Crippen LogP contribution is 2.28. The first-order valence-corrected chi connectivity index (χ1v) is 5.77. The van der Waals surface area contributed by atoms with E-state index in [9.17, 15) is 4.79 Å². The number of ether oxygens (including phenoxy) is 1. The summed E-state index contributed by atoms with van der Waals surface area (Å²) in [5.74, 6) is 2.78. The van der Waals surface area contributed by atoms with E-state index in [1.165, 1.54) is 0 Å². The van der Waals surface area contributed by atoms with Crippen molar-refractivity contribution < 1.29 is 9.53 Å². The first-order valence-electron chi connectivity index (χ1n) is 5.39. The van der Waals surface area contributed by atoms with Gasteiger partial charge in [0.2, 0.25) is 5.91 Å². The van der Waals surface area contributed by atoms with E-state index in [-0.39, 0.29) is 12.5 Å². The smallest absolute Gasteiger partial charge is 0.242 e. The molecule has 0 heterocycles. The lowest BCUT2D eigenvalue weighted by molar-refractivity contribution is -0.121. The number of benzene rings is 1. The van der Waals surface area contributed by atoms with Gasteiger partial charge in [-0.3, -0.25) is 4.79 Å². The summed E-state index contributed by atoms with van der Waals surface area (Å²) >= 11 is 5.90. The number of carbonyl (C=O) groups excluding carboxylic acids is 1. The molecule has 4 nitrogen and oxygen atoms in total. The molecule has 5 heteroatoms. The molecular formula is C13H15ClN2O2. The summed E-state index contributed by atoms with van der Waals surface area (Å²) in [5, 5.41) is 6.18. The van der Waals surface area contributed by atoms with E-state index < -0.39 is 6.04 Å². The van der Waals surface area contributed by atoms with Gasteiger partial charge in [-0.05, 0) is 25.1 Å². The van der Waals surface area contributed by atoms with Crippen LogP contribution in [0, 0.1) is 12.3 Å². The molecular weight excluding hydrogens is 252 g/mol. The maximum absolute atomic E-state index is 11.6. The van der Waals surface area contributed by atoms with Crippen molar-refractivity contribution in [1.29, 1.82) is 0 Å². The standard InChI is InChI=1S/C13H15ClN2O2/c1-4-7-15-13(17)9(2)16-11-8-10(14)5-6-12(11)18-3/h1,5-6,8-9,16H,7H2,2-3H3,(H,15,17). The third-order valence-corrected chi connectivity index (χ3v) is 2.53. The predicted octanol–water partition coefficient (Wildman–Crippen LogP) is 1.90. The summed E-state index contributed by atoms with van der Waals surface area (Å²) in [6.07, 6.45) is 5.07. The Bertz CT molecular complexity index is 469. The van der Waals surface area contributed by atoms with Crippen LogP contribution in [0.1, 0.15) is 6.92 Å². The molecule has 1 unspecified atom stereocenters. The first kappa shape index (κ1) is 14.2. The molecule has 0 fully saturated rings. The van der Waals surface area contributed by atoms with Crippen molar-refractivity contribution in [3.05, 3.63) is 23.2 Å². The van der Waals surface area contributed by atoms with Gasteiger partial charge in [0.1, 0.15) is 11.8 Å². The van der Waals surface area contributed by atoms with Crippen molar-refractivity contribution in [2.75, 3.05) is 19.0 Å². The average molecular weight is 267 g/mol. The van der Waals surface area contributed by atoms with Gasteiger partial charge < -0.3 is 15.4 Å². The normalized spacial score (nSPS) is 11.2. The second-order valence-electron chi connectivity index (χ2n) is 3.63. The number of terminal acetylenes is 1. The Morgan fingerprint density at radius 1 is 1.61 bits per heavy atom. The van der Waals surface area contributed by atoms with E-state index in [0.29, 0.717) is 16.5 Å². The topological polar surface area (TPSA) is 50.4 Å². The molecule has 0 saturated heterocycles. The molecule has 0 aliphatic heterocycles. The number of nitrogens with one attached hydrogen (secondary N) is 2. The van der Waals surface area contributed by atoms with E-state index >= 15 is 0 Å². The first-order chi connectivity index (χ1) is 8.58. The van der Waals surface area contributed by atoms with Gasteiger partial charge in [0, 0.05) is 5.02 Å². The fourth-order valence-electron chi connectivity index (χ4n) is 1.38. The molecule has 0 aliphatic carbocycles. The Kier molecular flexibility index (Phi) is 5.34. The molecule has 2 N–H and O–H groups in total. The molecule has 1 amide bonds. The number of anilines is 1. The summed E-state index contributed by atoms with van der Waals surface area (Å²) in [4.78, 5) is 11.6. The van der Waals surface area contributed by atoms with Crippen LogP contribution in [-0.4, -0.2) is 25.6 Å². The summed E-state index contributed by atoms with van der Waals surface area (Å²) in [7, 11) is 1.55. The SMILES string of the molecule is C#CCNC(=O)C(C)Nc1cc(Cl)ccc1OC. The maximum Gasteiger partial charge on any atom is 0.242 e. The zero-order valence-corrected chi connectivity index (χ0v) is 11.0. The van der Waals surface area contributed by atoms with E-state index in [1.54, 1.807) is 32.2 Å². The van der Waals surface area contributed by atoms with Crippen molar-refractivity contribution in [2.24, 2.45) is 0 Å². The molecule has 1 aromatic rings. The minimum atomic E-state index is -0.439. The predicted molar refractivity (Wildman–Crippen MR) is 72.9 cm³/mol. The minimum absolute atomic E-state index is 0.185. The van der Waals surface area contributed by atoms with Crippen LogP contribution < -0.4 is 15.4 Å². The molecule has 0 saturated carbocycles. The molecule has 0 aromatic heterocycles. The third kappa shape index (κ3) is 3.86. The molecule has 0 bridgehead atoms. The monoisotopic (exact) mass is 266 g/mol. The van der Waals surface area contributed by atoms with Crippen molar-refractivity contribution in [3.63, 3.8) is 0 Å². The maximum atomic E-state index is 11.6. The zero-order valence-electron chi connectivity index (χ0n) is 10.3. The van der Waals surface area contributed by atoms with E-state index in [0.717, 1.165) is 0 Å². The number of rotatable bonds is 5. The zero-order chi connectivity index (χ0) is 13.5. The van der Waals surface area contributed by atoms with Crippen LogP contribution in [0.25, 0.3) is 0 Å². The Morgan fingerprint density at radius 2 is 2.33 bits per heavy atom. The van der Waals surface area contributed by atoms with Gasteiger partial charge in [0.15, 0.2) is 0 Å². The van der Waals surface area contributed by atoms with E-state index in [1.807, 2.05) is 0 Å². The Labute approximate surface area is 112 Å². The van der Waals surface area contributed by atoms with Crippen molar-refractivity contribution in [2.45, 2.75) is 13.0 Å². The van der Waals surface area contributed by atoms with E-state index in [2.05, 4.69) is 16.6 Å². The lowest BCUT2D eigenvalue weighted by Crippen LogP contribution is -2.37. The summed E-state index contributed by atoms with van der Waals surface area (Å²) in [6, 6.07) is 4.71. The fraction of sp³-hybridized carbons (Fsp3) is 0.308. The van der Waals surface area contributed by atoms with Crippen LogP contribution in [-0.2, 0) is 4.79 Å². The average Bonchev–Trinajstić information content (AvgIpc) is 2.36. The Morgan fingerprint density at radius 3 is 2.94 bits per heavy atom. The number of amides is 1. The van der Waals surface area contributed by atoms with Crippen LogP contribution >= 0.6 is 11.6 Å². The highest BCUT2D eigenvalue weighted by Gasteiger charge is 2.14. The van der Waals surface area contributed by atoms with Crippen molar-refractivity contribution in [1.82, 2.24) is 5.32 Å². The fourth-order valence-corrected chi connectivity index (χ4v) is 1.56. The van der Waals surface area contributed by atoms with Crippen LogP contribution in [0.2, 0.25) is 5.02 Å². The summed E-state index contributed by atoms with van der Waals surface area (Å²) < 4.78 is 5.18. The summed E-state index contributed by atoms with van der Waals surface area (Å²) in [5.41, 5.74) is 0.661. The molecule has 0 radical (unpaired) electrons. The lowest BCUT2D eigenvalue weighted by Gasteiger charge is -2.17. The molecule has 1 atom stereocenters. The quantitative estimate of drug-likeness (QED) is 0.801. The van der Waals surface area contributed by atoms with Gasteiger partial charge in [0.25, 0.3) is 0 Å². The van der Waals surface area contributed by atoms with Crippen LogP contribution in [0.15, 0.2) is 18.2 Å². The van der Waals surface area contributed by atoms with Crippen LogP contribution in [0.3, 0.4) is 0 Å². The lowest BCUT2D eigenvalue weighted by atomic mass is 10.2. The van der Waals surface area contributed by atoms with Crippen molar-refractivity contribution >= 4 is 23.2 Å². The van der Waals surface area contributed by atoms with Crippen LogP contribution in [0.4, 0.5) is 5.69 Å². The van der Waals surface area contributed by atoms with Gasteiger partial charge in [-0.1, -0.05) is 17.5 Å². The number of hydrogen-bond acceptors (Lipinski definition) is 3. The third-order valence-electron chi connectivity index (χ3n) is 2.29. The molecule has 1 aromatic carbocycles. The number of carbonyl (C=O) groups is 1. The van der Waals surface area contributed by atoms with Crippen molar-refractivity contribution in [3.8, 4) is 18.1 Å². The van der Waals surface area contributed by atoms with E-state index in [4.69, 9.17) is 22.8 Å². The van der Waals surface area contributed by atoms with Gasteiger partial charge in [-0.15, -0.1) is 6.42 Å². The number of methoxy groups -OCH3 is 1. The minimum Gasteiger partial charge on any atom is -0.495 e. The highest BCUT2D eigenvalue weighted by molar-refractivity contribution is 6.30. The van der Waals surface area contributed by atoms with Gasteiger partial charge in [0.05, 0.1) is 19.3 Å².